The van der Waals surface area contributed by atoms with Gasteiger partial charge in [0.2, 0.25) is 0 Å². The molecule has 0 radical (unpaired) electrons. The quantitative estimate of drug-likeness (QED) is 0.643. The van der Waals surface area contributed by atoms with Gasteiger partial charge in [-0.2, -0.15) is 0 Å². The normalized spacial score (nSPS) is 17.4. The molecule has 0 unspecified atom stereocenters. The Morgan fingerprint density at radius 2 is 1.65 bits per heavy atom. The predicted octanol–water partition coefficient (Wildman–Crippen LogP) is 5.53. The lowest BCUT2D eigenvalue weighted by molar-refractivity contribution is 0.328. The highest BCUT2D eigenvalue weighted by Gasteiger charge is 2.07. The van der Waals surface area contributed by atoms with Crippen LogP contribution in [0.2, 0.25) is 0 Å². The van der Waals surface area contributed by atoms with Gasteiger partial charge in [-0.3, -0.25) is 0 Å². The lowest BCUT2D eigenvalue weighted by atomic mass is 10.0. The highest BCUT2D eigenvalue weighted by Crippen LogP contribution is 2.25. The van der Waals surface area contributed by atoms with E-state index in [2.05, 4.69) is 43.4 Å². The van der Waals surface area contributed by atoms with Gasteiger partial charge in [-0.25, -0.2) is 0 Å². The Bertz CT molecular complexity index is 623. The number of benzene rings is 1. The van der Waals surface area contributed by atoms with E-state index in [0.717, 1.165) is 24.3 Å². The molecule has 23 heavy (non-hydrogen) atoms. The van der Waals surface area contributed by atoms with Crippen LogP contribution in [0.5, 0.6) is 11.5 Å². The molecule has 2 aliphatic carbocycles. The van der Waals surface area contributed by atoms with Crippen molar-refractivity contribution in [3.05, 3.63) is 59.2 Å². The fourth-order valence-electron chi connectivity index (χ4n) is 3.04. The molecule has 0 N–H and O–H groups in total. The largest absolute Gasteiger partial charge is 0.489 e. The van der Waals surface area contributed by atoms with Gasteiger partial charge in [0.05, 0.1) is 0 Å². The first-order chi connectivity index (χ1) is 11.3. The molecule has 0 saturated carbocycles. The number of allylic oxidation sites excluding steroid dienone is 4. The van der Waals surface area contributed by atoms with Crippen LogP contribution in [-0.2, 0) is 0 Å². The molecule has 122 valence electrons. The Morgan fingerprint density at radius 1 is 0.870 bits per heavy atom. The molecule has 0 amide bonds. The van der Waals surface area contributed by atoms with Crippen LogP contribution in [-0.4, -0.2) is 13.2 Å². The Hall–Kier alpha value is -1.96. The zero-order valence-corrected chi connectivity index (χ0v) is 14.0. The second-order valence-corrected chi connectivity index (χ2v) is 6.46. The van der Waals surface area contributed by atoms with Crippen molar-refractivity contribution in [1.29, 1.82) is 0 Å². The lowest BCUT2D eigenvalue weighted by Crippen LogP contribution is -2.05. The number of rotatable bonds is 6. The smallest absolute Gasteiger partial charge is 0.123 e. The predicted molar refractivity (Wildman–Crippen MR) is 95.2 cm³/mol. The van der Waals surface area contributed by atoms with Gasteiger partial charge in [0.1, 0.15) is 24.7 Å². The lowest BCUT2D eigenvalue weighted by Gasteiger charge is -2.15. The van der Waals surface area contributed by atoms with E-state index in [1.807, 2.05) is 6.07 Å². The number of hydrogen-bond donors (Lipinski definition) is 0. The van der Waals surface area contributed by atoms with Gasteiger partial charge in [0.25, 0.3) is 0 Å². The molecule has 2 nitrogen and oxygen atoms in total. The second kappa shape index (κ2) is 8.05. The number of aryl methyl sites for hydroxylation is 1. The molecule has 0 spiro atoms. The van der Waals surface area contributed by atoms with Crippen LogP contribution >= 0.6 is 0 Å². The Morgan fingerprint density at radius 3 is 2.30 bits per heavy atom. The van der Waals surface area contributed by atoms with Crippen molar-refractivity contribution < 1.29 is 9.47 Å². The van der Waals surface area contributed by atoms with E-state index in [-0.39, 0.29) is 0 Å². The van der Waals surface area contributed by atoms with Crippen LogP contribution in [0.4, 0.5) is 0 Å². The Labute approximate surface area is 139 Å². The van der Waals surface area contributed by atoms with Crippen molar-refractivity contribution >= 4 is 0 Å². The third-order valence-electron chi connectivity index (χ3n) is 4.36. The van der Waals surface area contributed by atoms with Crippen LogP contribution in [0.25, 0.3) is 0 Å². The van der Waals surface area contributed by atoms with Crippen LogP contribution in [0.15, 0.2) is 53.6 Å². The first-order valence-corrected chi connectivity index (χ1v) is 8.69. The van der Waals surface area contributed by atoms with Crippen LogP contribution < -0.4 is 9.47 Å². The highest BCUT2D eigenvalue weighted by molar-refractivity contribution is 5.38. The Kier molecular flexibility index (Phi) is 5.57. The molecule has 0 saturated heterocycles. The summed E-state index contributed by atoms with van der Waals surface area (Å²) in [5.41, 5.74) is 3.95. The molecule has 1 aromatic rings. The summed E-state index contributed by atoms with van der Waals surface area (Å²) >= 11 is 0. The van der Waals surface area contributed by atoms with Gasteiger partial charge < -0.3 is 9.47 Å². The van der Waals surface area contributed by atoms with Gasteiger partial charge in [-0.05, 0) is 74.3 Å². The summed E-state index contributed by atoms with van der Waals surface area (Å²) in [6.07, 6.45) is 16.0. The summed E-state index contributed by atoms with van der Waals surface area (Å²) in [5, 5.41) is 0. The minimum Gasteiger partial charge on any atom is -0.489 e. The van der Waals surface area contributed by atoms with E-state index in [0.29, 0.717) is 13.2 Å². The van der Waals surface area contributed by atoms with Crippen molar-refractivity contribution in [2.24, 2.45) is 0 Å². The summed E-state index contributed by atoms with van der Waals surface area (Å²) in [6, 6.07) is 6.17. The fraction of sp³-hybridized carbons (Fsp3) is 0.429. The molecular formula is C21H26O2. The third kappa shape index (κ3) is 5.02. The van der Waals surface area contributed by atoms with Crippen molar-refractivity contribution in [1.82, 2.24) is 0 Å². The molecule has 1 aromatic carbocycles. The summed E-state index contributed by atoms with van der Waals surface area (Å²) in [4.78, 5) is 0. The zero-order valence-electron chi connectivity index (χ0n) is 14.0. The minimum absolute atomic E-state index is 0.665. The summed E-state index contributed by atoms with van der Waals surface area (Å²) in [7, 11) is 0. The van der Waals surface area contributed by atoms with E-state index in [9.17, 15) is 0 Å². The van der Waals surface area contributed by atoms with Gasteiger partial charge >= 0.3 is 0 Å². The van der Waals surface area contributed by atoms with E-state index in [1.165, 1.54) is 42.4 Å². The SMILES string of the molecule is Cc1cc(OCC2=CC=CCC2)cc(OCC2=CCCCC2)c1. The zero-order chi connectivity index (χ0) is 15.9. The average Bonchev–Trinajstić information content (AvgIpc) is 2.60. The maximum atomic E-state index is 5.98. The molecule has 0 fully saturated rings. The maximum absolute atomic E-state index is 5.98. The van der Waals surface area contributed by atoms with Crippen LogP contribution in [0, 0.1) is 6.92 Å². The average molecular weight is 310 g/mol. The molecular weight excluding hydrogens is 284 g/mol. The first-order valence-electron chi connectivity index (χ1n) is 8.69. The standard InChI is InChI=1S/C21H26O2/c1-17-12-20(22-15-18-8-4-2-5-9-18)14-21(13-17)23-16-19-10-6-3-7-11-19/h2,4,8,10,12-14H,3,5-7,9,11,15-16H2,1H3. The topological polar surface area (TPSA) is 18.5 Å². The molecule has 0 heterocycles. The van der Waals surface area contributed by atoms with Crippen molar-refractivity contribution in [2.75, 3.05) is 13.2 Å². The van der Waals surface area contributed by atoms with Crippen LogP contribution in [0.3, 0.4) is 0 Å². The monoisotopic (exact) mass is 310 g/mol. The summed E-state index contributed by atoms with van der Waals surface area (Å²) < 4.78 is 11.9. The molecule has 0 bridgehead atoms. The maximum Gasteiger partial charge on any atom is 0.123 e. The van der Waals surface area contributed by atoms with Crippen LogP contribution in [0.1, 0.15) is 44.1 Å². The van der Waals surface area contributed by atoms with Gasteiger partial charge in [0, 0.05) is 6.07 Å². The van der Waals surface area contributed by atoms with Gasteiger partial charge in [0.15, 0.2) is 0 Å². The van der Waals surface area contributed by atoms with E-state index in [4.69, 9.17) is 9.47 Å². The van der Waals surface area contributed by atoms with Gasteiger partial charge in [-0.15, -0.1) is 0 Å². The number of ether oxygens (including phenoxy) is 2. The molecule has 0 atom stereocenters. The fourth-order valence-corrected chi connectivity index (χ4v) is 3.04. The molecule has 0 aromatic heterocycles. The van der Waals surface area contributed by atoms with Gasteiger partial charge in [-0.1, -0.05) is 24.3 Å². The minimum atomic E-state index is 0.665. The molecule has 0 aliphatic heterocycles. The summed E-state index contributed by atoms with van der Waals surface area (Å²) in [6.45, 7) is 3.46. The molecule has 2 heteroatoms. The summed E-state index contributed by atoms with van der Waals surface area (Å²) in [5.74, 6) is 1.80. The third-order valence-corrected chi connectivity index (χ3v) is 4.36. The first kappa shape index (κ1) is 15.9. The highest BCUT2D eigenvalue weighted by atomic mass is 16.5. The van der Waals surface area contributed by atoms with Crippen molar-refractivity contribution in [3.63, 3.8) is 0 Å². The van der Waals surface area contributed by atoms with E-state index in [1.54, 1.807) is 0 Å². The Balaban J connectivity index is 1.58. The van der Waals surface area contributed by atoms with Crippen molar-refractivity contribution in [3.8, 4) is 11.5 Å². The molecule has 3 rings (SSSR count). The number of hydrogen-bond acceptors (Lipinski definition) is 2. The van der Waals surface area contributed by atoms with E-state index >= 15 is 0 Å². The van der Waals surface area contributed by atoms with E-state index < -0.39 is 0 Å². The second-order valence-electron chi connectivity index (χ2n) is 6.46. The van der Waals surface area contributed by atoms with Crippen molar-refractivity contribution in [2.45, 2.75) is 45.4 Å². The molecule has 2 aliphatic rings.